The van der Waals surface area contributed by atoms with E-state index < -0.39 is 37.0 Å². The summed E-state index contributed by atoms with van der Waals surface area (Å²) < 4.78 is 9.18. The topological polar surface area (TPSA) is 140 Å². The molecule has 5 aliphatic rings. The van der Waals surface area contributed by atoms with E-state index in [9.17, 15) is 25.5 Å². The van der Waals surface area contributed by atoms with Gasteiger partial charge in [-0.2, -0.15) is 0 Å². The molecule has 1 aliphatic heterocycles. The average molecular weight is 597 g/mol. The molecule has 8 nitrogen and oxygen atoms in total. The first-order valence-corrected chi connectivity index (χ1v) is 16.7. The highest BCUT2D eigenvalue weighted by Crippen LogP contribution is 2.67. The monoisotopic (exact) mass is 596 g/mol. The van der Waals surface area contributed by atoms with Crippen molar-refractivity contribution < 1.29 is 40.1 Å². The van der Waals surface area contributed by atoms with Crippen LogP contribution < -0.4 is 0 Å². The van der Waals surface area contributed by atoms with Gasteiger partial charge in [0, 0.05) is 7.11 Å². The third kappa shape index (κ3) is 6.39. The van der Waals surface area contributed by atoms with Crippen molar-refractivity contribution in [3.63, 3.8) is 0 Å². The lowest BCUT2D eigenvalue weighted by Crippen LogP contribution is -2.66. The number of methoxy groups -OCH3 is 1. The van der Waals surface area contributed by atoms with Crippen LogP contribution in [0.5, 0.6) is 0 Å². The molecule has 0 radical (unpaired) electrons. The zero-order valence-corrected chi connectivity index (χ0v) is 26.9. The molecule has 0 amide bonds. The van der Waals surface area contributed by atoms with Gasteiger partial charge in [-0.05, 0) is 97.7 Å². The van der Waals surface area contributed by atoms with E-state index in [2.05, 4.69) is 50.2 Å². The number of aliphatic hydroxyl groups excluding tert-OH is 5. The van der Waals surface area contributed by atoms with Gasteiger partial charge in [-0.1, -0.05) is 65.5 Å². The van der Waals surface area contributed by atoms with Crippen LogP contribution in [0.25, 0.3) is 0 Å². The van der Waals surface area contributed by atoms with E-state index >= 15 is 0 Å². The van der Waals surface area contributed by atoms with Gasteiger partial charge < -0.3 is 40.1 Å². The summed E-state index contributed by atoms with van der Waals surface area (Å²) in [7, 11) is 1.20. The highest BCUT2D eigenvalue weighted by atomic mass is 16.7. The minimum atomic E-state index is -2.37. The lowest BCUT2D eigenvalue weighted by atomic mass is 9.47. The molecule has 1 heterocycles. The van der Waals surface area contributed by atoms with Gasteiger partial charge in [-0.25, -0.2) is 0 Å². The molecular formula is C34H60O8. The van der Waals surface area contributed by atoms with E-state index in [1.165, 1.54) is 64.9 Å². The van der Waals surface area contributed by atoms with Gasteiger partial charge in [0.1, 0.15) is 18.3 Å². The van der Waals surface area contributed by atoms with Crippen molar-refractivity contribution in [2.45, 2.75) is 142 Å². The minimum Gasteiger partial charge on any atom is -0.393 e. The molecule has 0 aromatic rings. The third-order valence-electron chi connectivity index (χ3n) is 12.5. The van der Waals surface area contributed by atoms with E-state index in [4.69, 9.17) is 5.11 Å². The quantitative estimate of drug-likeness (QED) is 0.241. The van der Waals surface area contributed by atoms with Crippen molar-refractivity contribution >= 4 is 0 Å². The molecule has 0 aromatic heterocycles. The molecule has 6 N–H and O–H groups in total. The van der Waals surface area contributed by atoms with E-state index in [-0.39, 0.29) is 6.10 Å². The Kier molecular flexibility index (Phi) is 11.0. The fourth-order valence-corrected chi connectivity index (χ4v) is 10.0. The highest BCUT2D eigenvalue weighted by Gasteiger charge is 2.59. The Bertz CT molecular complexity index is 925. The van der Waals surface area contributed by atoms with Crippen molar-refractivity contribution in [2.75, 3.05) is 13.7 Å². The lowest BCUT2D eigenvalue weighted by Gasteiger charge is -2.58. The van der Waals surface area contributed by atoms with Crippen LogP contribution in [0, 0.1) is 46.3 Å². The van der Waals surface area contributed by atoms with Gasteiger partial charge in [0.05, 0.1) is 12.7 Å². The predicted octanol–water partition coefficient (Wildman–Crippen LogP) is 4.14. The van der Waals surface area contributed by atoms with Crippen LogP contribution in [0.15, 0.2) is 11.6 Å². The van der Waals surface area contributed by atoms with Crippen LogP contribution in [0.3, 0.4) is 0 Å². The van der Waals surface area contributed by atoms with Crippen molar-refractivity contribution in [1.29, 1.82) is 0 Å². The Hall–Kier alpha value is -0.580. The summed E-state index contributed by atoms with van der Waals surface area (Å²) in [6.45, 7) is 11.6. The highest BCUT2D eigenvalue weighted by molar-refractivity contribution is 5.25. The summed E-state index contributed by atoms with van der Waals surface area (Å²) in [5, 5.41) is 56.3. The molecule has 0 bridgehead atoms. The van der Waals surface area contributed by atoms with Crippen LogP contribution in [-0.4, -0.2) is 80.8 Å². The number of rotatable bonds is 7. The first-order valence-electron chi connectivity index (χ1n) is 16.7. The normalized spacial score (nSPS) is 47.5. The fraction of sp³-hybridized carbons (Fsp3) is 0.941. The van der Waals surface area contributed by atoms with Crippen LogP contribution in [0.1, 0.15) is 105 Å². The second-order valence-electron chi connectivity index (χ2n) is 15.3. The molecule has 2 unspecified atom stereocenters. The predicted molar refractivity (Wildman–Crippen MR) is 161 cm³/mol. The number of hydrogen-bond acceptors (Lipinski definition) is 8. The van der Waals surface area contributed by atoms with Crippen LogP contribution in [-0.2, 0) is 9.47 Å². The second-order valence-corrected chi connectivity index (χ2v) is 15.3. The third-order valence-corrected chi connectivity index (χ3v) is 12.5. The van der Waals surface area contributed by atoms with Gasteiger partial charge >= 0.3 is 0 Å². The number of fused-ring (bicyclic) bond motifs is 5. The summed E-state index contributed by atoms with van der Waals surface area (Å²) in [6.07, 6.45) is 11.1. The maximum absolute atomic E-state index is 10.2. The van der Waals surface area contributed by atoms with Gasteiger partial charge in [0.15, 0.2) is 6.29 Å². The Morgan fingerprint density at radius 1 is 0.976 bits per heavy atom. The zero-order valence-electron chi connectivity index (χ0n) is 26.9. The molecular weight excluding hydrogens is 536 g/mol. The van der Waals surface area contributed by atoms with Crippen LogP contribution in [0.2, 0.25) is 0 Å². The molecule has 3 saturated carbocycles. The number of ether oxygens (including phenoxy) is 2. The van der Waals surface area contributed by atoms with Crippen molar-refractivity contribution in [2.24, 2.45) is 46.3 Å². The fourth-order valence-electron chi connectivity index (χ4n) is 10.0. The standard InChI is InChI=1S/C27H46O.C7H14O7/c1-18(2)7-6-8-19(3)23-11-12-24-22-10-9-20-17-21(28)13-15-26(20,4)25(22)14-16-27(23,24)5;1-13-4-3(9)5(10)7(12,2-8)14-6(4)11/h9,18-19,21-25,28H,6-8,10-17H2,1-5H3;3-6,8-12H,2H2,1H3/t19-,21+,22+,23-,24+,25+,26+,27-;3-,4-,5-,6?,7?/m10/s1. The largest absolute Gasteiger partial charge is 0.393 e. The second kappa shape index (κ2) is 13.4. The van der Waals surface area contributed by atoms with Crippen molar-refractivity contribution in [3.8, 4) is 0 Å². The van der Waals surface area contributed by atoms with E-state index in [1.54, 1.807) is 5.57 Å². The summed E-state index contributed by atoms with van der Waals surface area (Å²) in [5.74, 6) is 3.09. The van der Waals surface area contributed by atoms with E-state index in [0.29, 0.717) is 10.8 Å². The molecule has 5 rings (SSSR count). The summed E-state index contributed by atoms with van der Waals surface area (Å²) >= 11 is 0. The lowest BCUT2D eigenvalue weighted by molar-refractivity contribution is -0.392. The SMILES string of the molecule is CC(C)CCC[C@@H](C)[C@H]1CC[C@H]2[C@@H]3CC=C4C[C@@H](O)CC[C@]4(C)[C@H]3CC[C@]12C.CO[C@@H]1C(O)OC(O)(CO)[C@@H](O)[C@H]1O. The summed E-state index contributed by atoms with van der Waals surface area (Å²) in [6, 6.07) is 0. The molecule has 42 heavy (non-hydrogen) atoms. The summed E-state index contributed by atoms with van der Waals surface area (Å²) in [5.41, 5.74) is 2.60. The molecule has 8 heteroatoms. The number of hydrogen-bond donors (Lipinski definition) is 6. The number of allylic oxidation sites excluding steroid dienone is 1. The minimum absolute atomic E-state index is 0.0766. The summed E-state index contributed by atoms with van der Waals surface area (Å²) in [4.78, 5) is 0. The molecule has 244 valence electrons. The molecule has 0 spiro atoms. The number of aliphatic hydroxyl groups is 6. The zero-order chi connectivity index (χ0) is 31.0. The van der Waals surface area contributed by atoms with Gasteiger partial charge in [-0.15, -0.1) is 0 Å². The smallest absolute Gasteiger partial charge is 0.221 e. The van der Waals surface area contributed by atoms with Crippen LogP contribution in [0.4, 0.5) is 0 Å². The first kappa shape index (κ1) is 34.3. The molecule has 1 saturated heterocycles. The molecule has 4 fully saturated rings. The average Bonchev–Trinajstić information content (AvgIpc) is 3.30. The van der Waals surface area contributed by atoms with Gasteiger partial charge in [0.25, 0.3) is 0 Å². The first-order chi connectivity index (χ1) is 19.7. The molecule has 13 atom stereocenters. The molecule has 0 aromatic carbocycles. The molecule has 4 aliphatic carbocycles. The van der Waals surface area contributed by atoms with Crippen LogP contribution >= 0.6 is 0 Å². The maximum atomic E-state index is 10.2. The van der Waals surface area contributed by atoms with E-state index in [0.717, 1.165) is 48.3 Å². The maximum Gasteiger partial charge on any atom is 0.221 e. The van der Waals surface area contributed by atoms with Gasteiger partial charge in [-0.3, -0.25) is 0 Å². The Labute approximate surface area is 253 Å². The van der Waals surface area contributed by atoms with Gasteiger partial charge in [0.2, 0.25) is 5.79 Å². The Morgan fingerprint density at radius 2 is 1.69 bits per heavy atom. The van der Waals surface area contributed by atoms with Crippen molar-refractivity contribution in [3.05, 3.63) is 11.6 Å². The van der Waals surface area contributed by atoms with E-state index in [1.807, 2.05) is 0 Å². The Morgan fingerprint density at radius 3 is 2.33 bits per heavy atom. The Balaban J connectivity index is 0.000000244. The van der Waals surface area contributed by atoms with Crippen molar-refractivity contribution in [1.82, 2.24) is 0 Å².